The zero-order valence-corrected chi connectivity index (χ0v) is 12.0. The molecular weight excluding hydrogens is 349 g/mol. The van der Waals surface area contributed by atoms with Gasteiger partial charge in [-0.05, 0) is 18.6 Å². The number of hydrogen-bond donors (Lipinski definition) is 0. The normalized spacial score (nSPS) is 11.6. The topological polar surface area (TPSA) is 20.3 Å². The number of carbonyl (C=O) groups excluding carboxylic acids is 1. The number of aryl methyl sites for hydroxylation is 1. The molecule has 112 valence electrons. The smallest absolute Gasteiger partial charge is 0.329 e. The summed E-state index contributed by atoms with van der Waals surface area (Å²) in [4.78, 5) is 12.3. The molecule has 1 rings (SSSR count). The Morgan fingerprint density at radius 2 is 1.90 bits per heavy atom. The number of carbonyl (C=O) groups is 1. The minimum absolute atomic E-state index is 0.0134. The SMILES string of the molecule is Cc1ccc(F)c(C(=O)N(CCBr)CC(F)(F)F)c1F. The first-order chi connectivity index (χ1) is 9.17. The van der Waals surface area contributed by atoms with E-state index in [1.54, 1.807) is 0 Å². The fourth-order valence-electron chi connectivity index (χ4n) is 1.58. The second-order valence-corrected chi connectivity index (χ2v) is 4.88. The molecule has 0 aliphatic rings. The summed E-state index contributed by atoms with van der Waals surface area (Å²) in [6.07, 6.45) is -4.64. The third-order valence-electron chi connectivity index (χ3n) is 2.51. The highest BCUT2D eigenvalue weighted by Crippen LogP contribution is 2.22. The second-order valence-electron chi connectivity index (χ2n) is 4.08. The molecule has 0 atom stereocenters. The Kier molecular flexibility index (Phi) is 5.50. The van der Waals surface area contributed by atoms with Crippen LogP contribution in [0, 0.1) is 18.6 Å². The van der Waals surface area contributed by atoms with Crippen LogP contribution in [0.3, 0.4) is 0 Å². The lowest BCUT2D eigenvalue weighted by Crippen LogP contribution is -2.40. The summed E-state index contributed by atoms with van der Waals surface area (Å²) in [7, 11) is 0. The monoisotopic (exact) mass is 359 g/mol. The molecule has 20 heavy (non-hydrogen) atoms. The van der Waals surface area contributed by atoms with Crippen LogP contribution < -0.4 is 0 Å². The van der Waals surface area contributed by atoms with Crippen molar-refractivity contribution in [1.29, 1.82) is 0 Å². The van der Waals surface area contributed by atoms with Crippen LogP contribution in [0.4, 0.5) is 22.0 Å². The van der Waals surface area contributed by atoms with Crippen LogP contribution in [0.5, 0.6) is 0 Å². The Bertz CT molecular complexity index is 503. The number of rotatable bonds is 4. The standard InChI is InChI=1S/C12H11BrF5NO/c1-7-2-3-8(14)9(10(7)15)11(20)19(5-4-13)6-12(16,17)18/h2-3H,4-6H2,1H3. The molecule has 0 aliphatic heterocycles. The summed E-state index contributed by atoms with van der Waals surface area (Å²) in [5.41, 5.74) is -0.976. The number of nitrogens with zero attached hydrogens (tertiary/aromatic N) is 1. The quantitative estimate of drug-likeness (QED) is 0.593. The van der Waals surface area contributed by atoms with E-state index in [0.717, 1.165) is 12.1 Å². The Labute approximate surface area is 120 Å². The maximum atomic E-state index is 13.8. The van der Waals surface area contributed by atoms with Crippen molar-refractivity contribution in [3.63, 3.8) is 0 Å². The highest BCUT2D eigenvalue weighted by molar-refractivity contribution is 9.09. The summed E-state index contributed by atoms with van der Waals surface area (Å²) >= 11 is 2.90. The molecule has 0 aliphatic carbocycles. The number of benzene rings is 1. The van der Waals surface area contributed by atoms with Gasteiger partial charge in [-0.3, -0.25) is 4.79 Å². The van der Waals surface area contributed by atoms with Gasteiger partial charge in [0.1, 0.15) is 23.7 Å². The average molecular weight is 360 g/mol. The van der Waals surface area contributed by atoms with E-state index < -0.39 is 35.8 Å². The summed E-state index contributed by atoms with van der Waals surface area (Å²) in [6.45, 7) is -0.584. The third kappa shape index (κ3) is 4.16. The van der Waals surface area contributed by atoms with Gasteiger partial charge in [-0.25, -0.2) is 8.78 Å². The highest BCUT2D eigenvalue weighted by atomic mass is 79.9. The van der Waals surface area contributed by atoms with Crippen molar-refractivity contribution in [3.05, 3.63) is 34.9 Å². The van der Waals surface area contributed by atoms with Gasteiger partial charge in [0.05, 0.1) is 0 Å². The van der Waals surface area contributed by atoms with E-state index >= 15 is 0 Å². The van der Waals surface area contributed by atoms with Crippen LogP contribution in [-0.4, -0.2) is 35.4 Å². The summed E-state index contributed by atoms with van der Waals surface area (Å²) in [5, 5.41) is 0.0594. The van der Waals surface area contributed by atoms with E-state index in [4.69, 9.17) is 0 Å². The Hall–Kier alpha value is -1.18. The fourth-order valence-corrected chi connectivity index (χ4v) is 2.01. The largest absolute Gasteiger partial charge is 0.406 e. The first-order valence-corrected chi connectivity index (χ1v) is 6.66. The number of halogens is 6. The van der Waals surface area contributed by atoms with Gasteiger partial charge in [-0.1, -0.05) is 22.0 Å². The molecule has 1 amide bonds. The molecular formula is C12H11BrF5NO. The molecule has 0 spiro atoms. The minimum atomic E-state index is -4.64. The lowest BCUT2D eigenvalue weighted by atomic mass is 10.1. The van der Waals surface area contributed by atoms with E-state index in [1.165, 1.54) is 6.92 Å². The highest BCUT2D eigenvalue weighted by Gasteiger charge is 2.34. The summed E-state index contributed by atoms with van der Waals surface area (Å²) in [6, 6.07) is 1.96. The molecule has 0 saturated heterocycles. The second kappa shape index (κ2) is 6.51. The van der Waals surface area contributed by atoms with Gasteiger partial charge in [0, 0.05) is 11.9 Å². The van der Waals surface area contributed by atoms with Crippen molar-refractivity contribution in [3.8, 4) is 0 Å². The van der Waals surface area contributed by atoms with Crippen LogP contribution in [0.25, 0.3) is 0 Å². The van der Waals surface area contributed by atoms with Crippen LogP contribution in [0.15, 0.2) is 12.1 Å². The van der Waals surface area contributed by atoms with Gasteiger partial charge in [0.2, 0.25) is 0 Å². The zero-order chi connectivity index (χ0) is 15.5. The molecule has 1 aromatic rings. The van der Waals surface area contributed by atoms with Crippen molar-refractivity contribution in [2.24, 2.45) is 0 Å². The molecule has 0 heterocycles. The number of amides is 1. The molecule has 0 unspecified atom stereocenters. The molecule has 2 nitrogen and oxygen atoms in total. The number of hydrogen-bond acceptors (Lipinski definition) is 1. The molecule has 0 N–H and O–H groups in total. The first kappa shape index (κ1) is 16.9. The van der Waals surface area contributed by atoms with Gasteiger partial charge in [-0.15, -0.1) is 0 Å². The van der Waals surface area contributed by atoms with Crippen molar-refractivity contribution < 1.29 is 26.7 Å². The van der Waals surface area contributed by atoms with E-state index in [-0.39, 0.29) is 17.4 Å². The molecule has 0 fully saturated rings. The summed E-state index contributed by atoms with van der Waals surface area (Å²) < 4.78 is 64.5. The van der Waals surface area contributed by atoms with Crippen LogP contribution >= 0.6 is 15.9 Å². The molecule has 0 bridgehead atoms. The lowest BCUT2D eigenvalue weighted by molar-refractivity contribution is -0.140. The van der Waals surface area contributed by atoms with Crippen molar-refractivity contribution in [2.45, 2.75) is 13.1 Å². The van der Waals surface area contributed by atoms with Gasteiger partial charge < -0.3 is 4.90 Å². The Morgan fingerprint density at radius 1 is 1.30 bits per heavy atom. The molecule has 8 heteroatoms. The predicted octanol–water partition coefficient (Wildman–Crippen LogP) is 3.67. The van der Waals surface area contributed by atoms with Gasteiger partial charge in [0.25, 0.3) is 5.91 Å². The predicted molar refractivity (Wildman–Crippen MR) is 66.8 cm³/mol. The lowest BCUT2D eigenvalue weighted by Gasteiger charge is -2.23. The summed E-state index contributed by atoms with van der Waals surface area (Å²) in [5.74, 6) is -3.64. The van der Waals surface area contributed by atoms with Crippen molar-refractivity contribution in [2.75, 3.05) is 18.4 Å². The Morgan fingerprint density at radius 3 is 2.40 bits per heavy atom. The van der Waals surface area contributed by atoms with Crippen molar-refractivity contribution in [1.82, 2.24) is 4.90 Å². The molecule has 1 aromatic carbocycles. The van der Waals surface area contributed by atoms with Gasteiger partial charge in [0.15, 0.2) is 0 Å². The number of alkyl halides is 4. The van der Waals surface area contributed by atoms with E-state index in [0.29, 0.717) is 4.90 Å². The third-order valence-corrected chi connectivity index (χ3v) is 2.86. The van der Waals surface area contributed by atoms with Crippen LogP contribution in [0.2, 0.25) is 0 Å². The van der Waals surface area contributed by atoms with E-state index in [9.17, 15) is 26.7 Å². The average Bonchev–Trinajstić information content (AvgIpc) is 2.32. The van der Waals surface area contributed by atoms with E-state index in [2.05, 4.69) is 15.9 Å². The maximum Gasteiger partial charge on any atom is 0.406 e. The molecule has 0 aromatic heterocycles. The first-order valence-electron chi connectivity index (χ1n) is 5.54. The van der Waals surface area contributed by atoms with Crippen LogP contribution in [-0.2, 0) is 0 Å². The van der Waals surface area contributed by atoms with Gasteiger partial charge in [-0.2, -0.15) is 13.2 Å². The van der Waals surface area contributed by atoms with Crippen LogP contribution in [0.1, 0.15) is 15.9 Å². The minimum Gasteiger partial charge on any atom is -0.329 e. The van der Waals surface area contributed by atoms with Gasteiger partial charge >= 0.3 is 6.18 Å². The maximum absolute atomic E-state index is 13.8. The zero-order valence-electron chi connectivity index (χ0n) is 10.4. The molecule has 0 radical (unpaired) electrons. The van der Waals surface area contributed by atoms with E-state index in [1.807, 2.05) is 0 Å². The van der Waals surface area contributed by atoms with Crippen molar-refractivity contribution >= 4 is 21.8 Å². The fraction of sp³-hybridized carbons (Fsp3) is 0.417. The molecule has 0 saturated carbocycles. The Balaban J connectivity index is 3.16.